The first-order valence-corrected chi connectivity index (χ1v) is 12.5. The van der Waals surface area contributed by atoms with Crippen LogP contribution in [-0.4, -0.2) is 35.4 Å². The van der Waals surface area contributed by atoms with E-state index in [0.29, 0.717) is 17.8 Å². The Bertz CT molecular complexity index is 1240. The molecule has 3 aromatic carbocycles. The molecule has 2 atom stereocenters. The van der Waals surface area contributed by atoms with Crippen LogP contribution in [0.1, 0.15) is 42.2 Å². The number of rotatable bonds is 9. The molecular formula is C30H33N3O4. The lowest BCUT2D eigenvalue weighted by atomic mass is 9.99. The van der Waals surface area contributed by atoms with Crippen LogP contribution in [0.15, 0.2) is 78.9 Å². The van der Waals surface area contributed by atoms with Gasteiger partial charge >= 0.3 is 6.09 Å². The second-order valence-corrected chi connectivity index (χ2v) is 9.84. The summed E-state index contributed by atoms with van der Waals surface area (Å²) in [7, 11) is 0. The van der Waals surface area contributed by atoms with Crippen LogP contribution in [0.2, 0.25) is 0 Å². The third-order valence-corrected chi connectivity index (χ3v) is 6.22. The van der Waals surface area contributed by atoms with Crippen LogP contribution in [0.3, 0.4) is 0 Å². The molecule has 7 nitrogen and oxygen atoms in total. The van der Waals surface area contributed by atoms with Gasteiger partial charge in [0, 0.05) is 12.2 Å². The smallest absolute Gasteiger partial charge is 0.411 e. The van der Waals surface area contributed by atoms with E-state index in [4.69, 9.17) is 4.74 Å². The van der Waals surface area contributed by atoms with Crippen molar-refractivity contribution in [1.29, 1.82) is 0 Å². The molecule has 2 unspecified atom stereocenters. The molecule has 37 heavy (non-hydrogen) atoms. The van der Waals surface area contributed by atoms with Crippen LogP contribution >= 0.6 is 0 Å². The van der Waals surface area contributed by atoms with Gasteiger partial charge in [0.25, 0.3) is 0 Å². The highest BCUT2D eigenvalue weighted by atomic mass is 16.6. The number of nitrogens with zero attached hydrogens (tertiary/aromatic N) is 1. The Kier molecular flexibility index (Phi) is 8.23. The van der Waals surface area contributed by atoms with Gasteiger partial charge in [-0.2, -0.15) is 0 Å². The summed E-state index contributed by atoms with van der Waals surface area (Å²) in [4.78, 5) is 40.4. The fourth-order valence-corrected chi connectivity index (χ4v) is 4.29. The van der Waals surface area contributed by atoms with Gasteiger partial charge in [0.2, 0.25) is 11.8 Å². The predicted molar refractivity (Wildman–Crippen MR) is 143 cm³/mol. The zero-order valence-electron chi connectivity index (χ0n) is 21.4. The Morgan fingerprint density at radius 3 is 2.38 bits per heavy atom. The van der Waals surface area contributed by atoms with E-state index in [0.717, 1.165) is 16.7 Å². The molecule has 7 heteroatoms. The molecule has 2 N–H and O–H groups in total. The molecule has 4 rings (SSSR count). The maximum Gasteiger partial charge on any atom is 0.411 e. The third kappa shape index (κ3) is 6.76. The van der Waals surface area contributed by atoms with Gasteiger partial charge in [0.15, 0.2) is 12.1 Å². The molecule has 3 aromatic rings. The minimum Gasteiger partial charge on any atom is -0.438 e. The molecule has 0 aromatic heterocycles. The number of hydrogen-bond acceptors (Lipinski definition) is 4. The summed E-state index contributed by atoms with van der Waals surface area (Å²) in [6, 6.07) is 23.6. The Morgan fingerprint density at radius 2 is 1.68 bits per heavy atom. The van der Waals surface area contributed by atoms with Crippen molar-refractivity contribution in [3.8, 4) is 0 Å². The number of carbonyl (C=O) groups is 3. The number of benzene rings is 3. The first kappa shape index (κ1) is 25.9. The van der Waals surface area contributed by atoms with Crippen LogP contribution in [0.25, 0.3) is 0 Å². The Morgan fingerprint density at radius 1 is 0.946 bits per heavy atom. The number of cyclic esters (lactones) is 1. The van der Waals surface area contributed by atoms with Crippen LogP contribution in [0, 0.1) is 12.8 Å². The van der Waals surface area contributed by atoms with Crippen LogP contribution in [0.4, 0.5) is 10.5 Å². The maximum absolute atomic E-state index is 13.3. The van der Waals surface area contributed by atoms with Gasteiger partial charge in [-0.05, 0) is 41.7 Å². The molecule has 1 heterocycles. The van der Waals surface area contributed by atoms with E-state index in [2.05, 4.69) is 10.6 Å². The molecule has 1 saturated heterocycles. The van der Waals surface area contributed by atoms with Gasteiger partial charge < -0.3 is 15.4 Å². The first-order valence-electron chi connectivity index (χ1n) is 12.5. The highest BCUT2D eigenvalue weighted by molar-refractivity contribution is 5.92. The average Bonchev–Trinajstić information content (AvgIpc) is 3.20. The minimum atomic E-state index is -0.845. The Labute approximate surface area is 217 Å². The Hall–Kier alpha value is -4.13. The average molecular weight is 500 g/mol. The first-order chi connectivity index (χ1) is 17.8. The largest absolute Gasteiger partial charge is 0.438 e. The van der Waals surface area contributed by atoms with Gasteiger partial charge in [-0.25, -0.2) is 4.79 Å². The summed E-state index contributed by atoms with van der Waals surface area (Å²) < 4.78 is 5.77. The molecule has 0 bridgehead atoms. The summed E-state index contributed by atoms with van der Waals surface area (Å²) in [5.74, 6) is -0.164. The summed E-state index contributed by atoms with van der Waals surface area (Å²) in [5.41, 5.74) is 4.15. The quantitative estimate of drug-likeness (QED) is 0.433. The topological polar surface area (TPSA) is 87.7 Å². The molecule has 1 aliphatic rings. The van der Waals surface area contributed by atoms with E-state index in [1.54, 1.807) is 18.2 Å². The SMILES string of the molecule is Cc1ccc(CN2C(=O)OC(c3cccc(NC(=O)Cc4ccccc4)c3)C2C(=O)NCC(C)C)cc1. The van der Waals surface area contributed by atoms with Crippen LogP contribution in [0.5, 0.6) is 0 Å². The monoisotopic (exact) mass is 499 g/mol. The highest BCUT2D eigenvalue weighted by Gasteiger charge is 2.47. The molecular weight excluding hydrogens is 466 g/mol. The van der Waals surface area contributed by atoms with E-state index in [1.807, 2.05) is 81.4 Å². The molecule has 192 valence electrons. The predicted octanol–water partition coefficient (Wildman–Crippen LogP) is 5.01. The second-order valence-electron chi connectivity index (χ2n) is 9.84. The van der Waals surface area contributed by atoms with Gasteiger partial charge in [0.1, 0.15) is 0 Å². The summed E-state index contributed by atoms with van der Waals surface area (Å²) >= 11 is 0. The minimum absolute atomic E-state index is 0.154. The van der Waals surface area contributed by atoms with Gasteiger partial charge in [-0.15, -0.1) is 0 Å². The lowest BCUT2D eigenvalue weighted by Gasteiger charge is -2.25. The number of aryl methyl sites for hydroxylation is 1. The lowest BCUT2D eigenvalue weighted by Crippen LogP contribution is -2.47. The van der Waals surface area contributed by atoms with Crippen molar-refractivity contribution in [3.05, 3.63) is 101 Å². The molecule has 0 radical (unpaired) electrons. The fraction of sp³-hybridized carbons (Fsp3) is 0.300. The van der Waals surface area contributed by atoms with Crippen molar-refractivity contribution in [2.45, 2.75) is 45.9 Å². The van der Waals surface area contributed by atoms with Crippen molar-refractivity contribution in [1.82, 2.24) is 10.2 Å². The van der Waals surface area contributed by atoms with E-state index in [1.165, 1.54) is 4.90 Å². The van der Waals surface area contributed by atoms with E-state index in [-0.39, 0.29) is 30.7 Å². The molecule has 0 spiro atoms. The third-order valence-electron chi connectivity index (χ3n) is 6.22. The van der Waals surface area contributed by atoms with Crippen molar-refractivity contribution < 1.29 is 19.1 Å². The molecule has 0 aliphatic carbocycles. The summed E-state index contributed by atoms with van der Waals surface area (Å²) in [6.45, 7) is 6.77. The fourth-order valence-electron chi connectivity index (χ4n) is 4.29. The van der Waals surface area contributed by atoms with Crippen LogP contribution in [-0.2, 0) is 27.3 Å². The normalized spacial score (nSPS) is 17.0. The van der Waals surface area contributed by atoms with Gasteiger partial charge in [-0.3, -0.25) is 14.5 Å². The zero-order valence-corrected chi connectivity index (χ0v) is 21.4. The van der Waals surface area contributed by atoms with E-state index < -0.39 is 18.2 Å². The van der Waals surface area contributed by atoms with Crippen molar-refractivity contribution in [2.24, 2.45) is 5.92 Å². The van der Waals surface area contributed by atoms with Gasteiger partial charge in [0.05, 0.1) is 13.0 Å². The van der Waals surface area contributed by atoms with Crippen molar-refractivity contribution in [2.75, 3.05) is 11.9 Å². The molecule has 1 aliphatic heterocycles. The van der Waals surface area contributed by atoms with E-state index >= 15 is 0 Å². The number of hydrogen-bond donors (Lipinski definition) is 2. The number of anilines is 1. The van der Waals surface area contributed by atoms with Crippen molar-refractivity contribution >= 4 is 23.6 Å². The standard InChI is InChI=1S/C30H33N3O4/c1-20(2)18-31-29(35)27-28(37-30(36)33(27)19-23-14-12-21(3)13-15-23)24-10-7-11-25(17-24)32-26(34)16-22-8-5-4-6-9-22/h4-15,17,20,27-28H,16,18-19H2,1-3H3,(H,31,35)(H,32,34). The highest BCUT2D eigenvalue weighted by Crippen LogP contribution is 2.35. The number of nitrogens with one attached hydrogen (secondary N) is 2. The number of carbonyl (C=O) groups excluding carboxylic acids is 3. The maximum atomic E-state index is 13.3. The number of amides is 3. The lowest BCUT2D eigenvalue weighted by molar-refractivity contribution is -0.126. The summed E-state index contributed by atoms with van der Waals surface area (Å²) in [5, 5.41) is 5.87. The Balaban J connectivity index is 1.56. The second kappa shape index (κ2) is 11.7. The van der Waals surface area contributed by atoms with Crippen LogP contribution < -0.4 is 10.6 Å². The van der Waals surface area contributed by atoms with Crippen molar-refractivity contribution in [3.63, 3.8) is 0 Å². The molecule has 0 saturated carbocycles. The number of ether oxygens (including phenoxy) is 1. The zero-order chi connectivity index (χ0) is 26.4. The molecule has 1 fully saturated rings. The molecule has 3 amide bonds. The van der Waals surface area contributed by atoms with E-state index in [9.17, 15) is 14.4 Å². The van der Waals surface area contributed by atoms with Gasteiger partial charge in [-0.1, -0.05) is 86.1 Å². The summed E-state index contributed by atoms with van der Waals surface area (Å²) in [6.07, 6.45) is -1.11.